The molecular formula is C30H40N4O11. The first-order valence-corrected chi connectivity index (χ1v) is 14.6. The van der Waals surface area contributed by atoms with E-state index in [1.807, 2.05) is 6.92 Å². The highest BCUT2D eigenvalue weighted by molar-refractivity contribution is 6.00. The number of benzene rings is 1. The number of unbranched alkanes of at least 4 members (excludes halogenated alkanes) is 2. The molecule has 0 radical (unpaired) electrons. The number of carbonyl (C=O) groups excluding carboxylic acids is 4. The Morgan fingerprint density at radius 3 is 2.16 bits per heavy atom. The number of furan rings is 1. The van der Waals surface area contributed by atoms with Crippen molar-refractivity contribution in [3.63, 3.8) is 0 Å². The molecule has 4 amide bonds. The van der Waals surface area contributed by atoms with Crippen LogP contribution in [-0.4, -0.2) is 82.3 Å². The number of rotatable bonds is 19. The molecule has 15 heteroatoms. The van der Waals surface area contributed by atoms with Gasteiger partial charge in [0.25, 0.3) is 11.8 Å². The van der Waals surface area contributed by atoms with E-state index in [1.165, 1.54) is 30.3 Å². The Hall–Kier alpha value is -4.92. The first kappa shape index (κ1) is 36.3. The summed E-state index contributed by atoms with van der Waals surface area (Å²) in [7, 11) is 0. The fraction of sp³-hybridized carbons (Fsp3) is 0.467. The first-order valence-electron chi connectivity index (χ1n) is 14.6. The molecule has 0 fully saturated rings. The normalized spacial score (nSPS) is 12.0. The molecule has 0 saturated heterocycles. The molecule has 2 atom stereocenters. The maximum Gasteiger partial charge on any atom is 0.323 e. The lowest BCUT2D eigenvalue weighted by Crippen LogP contribution is -2.44. The van der Waals surface area contributed by atoms with Crippen molar-refractivity contribution in [2.75, 3.05) is 26.4 Å². The zero-order valence-electron chi connectivity index (χ0n) is 25.5. The number of nitrogens with zero attached hydrogens (tertiary/aromatic N) is 1. The number of hydrogen-bond donors (Lipinski definition) is 6. The number of hydroxylamine groups is 1. The molecule has 2 rings (SSSR count). The van der Waals surface area contributed by atoms with E-state index in [-0.39, 0.29) is 36.1 Å². The molecule has 1 aromatic heterocycles. The number of aliphatic carboxylic acids is 2. The van der Waals surface area contributed by atoms with Crippen LogP contribution in [0.25, 0.3) is 11.3 Å². The van der Waals surface area contributed by atoms with Crippen molar-refractivity contribution in [3.8, 4) is 17.1 Å². The van der Waals surface area contributed by atoms with Crippen LogP contribution in [0.1, 0.15) is 73.8 Å². The maximum absolute atomic E-state index is 13.0. The molecule has 0 aliphatic rings. The second-order valence-corrected chi connectivity index (χ2v) is 10.1. The summed E-state index contributed by atoms with van der Waals surface area (Å²) in [4.78, 5) is 73.8. The van der Waals surface area contributed by atoms with Gasteiger partial charge in [0.05, 0.1) is 24.8 Å². The Labute approximate surface area is 259 Å². The second-order valence-electron chi connectivity index (χ2n) is 10.1. The van der Waals surface area contributed by atoms with E-state index in [0.717, 1.165) is 12.8 Å². The fourth-order valence-corrected chi connectivity index (χ4v) is 4.73. The minimum atomic E-state index is -1.38. The molecule has 0 aliphatic heterocycles. The van der Waals surface area contributed by atoms with Crippen LogP contribution >= 0.6 is 0 Å². The minimum absolute atomic E-state index is 0.0552. The van der Waals surface area contributed by atoms with E-state index >= 15 is 0 Å². The van der Waals surface area contributed by atoms with Gasteiger partial charge in [-0.05, 0) is 44.0 Å². The maximum atomic E-state index is 13.0. The molecule has 2 aromatic rings. The van der Waals surface area contributed by atoms with E-state index in [0.29, 0.717) is 29.7 Å². The van der Waals surface area contributed by atoms with Crippen molar-refractivity contribution < 1.29 is 53.3 Å². The predicted molar refractivity (Wildman–Crippen MR) is 158 cm³/mol. The smallest absolute Gasteiger partial charge is 0.323 e. The SMILES string of the molecule is CCCCC[C@@H](C(=O)NCNC(=O)c1ccc(-c2ccc(C(=O)N(CC(=O)O)CC(=O)O)c(OCC)c2)o1)[C@@H](CC)C(=O)NO. The highest BCUT2D eigenvalue weighted by Gasteiger charge is 2.32. The van der Waals surface area contributed by atoms with Gasteiger partial charge in [-0.2, -0.15) is 0 Å². The fourth-order valence-electron chi connectivity index (χ4n) is 4.73. The number of amides is 4. The molecule has 0 bridgehead atoms. The summed E-state index contributed by atoms with van der Waals surface area (Å²) in [5.74, 6) is -6.59. The molecule has 246 valence electrons. The second kappa shape index (κ2) is 18.0. The van der Waals surface area contributed by atoms with Gasteiger partial charge >= 0.3 is 11.9 Å². The Balaban J connectivity index is 2.15. The molecule has 0 saturated carbocycles. The summed E-state index contributed by atoms with van der Waals surface area (Å²) >= 11 is 0. The van der Waals surface area contributed by atoms with Crippen LogP contribution in [0.5, 0.6) is 5.75 Å². The number of nitrogens with one attached hydrogen (secondary N) is 3. The van der Waals surface area contributed by atoms with Gasteiger partial charge in [0.15, 0.2) is 5.76 Å². The van der Waals surface area contributed by atoms with E-state index in [2.05, 4.69) is 10.6 Å². The summed E-state index contributed by atoms with van der Waals surface area (Å²) in [5.41, 5.74) is 1.97. The summed E-state index contributed by atoms with van der Waals surface area (Å²) in [6.45, 7) is 3.66. The topological polar surface area (TPSA) is 225 Å². The molecule has 1 heterocycles. The van der Waals surface area contributed by atoms with Gasteiger partial charge in [-0.25, -0.2) is 5.48 Å². The van der Waals surface area contributed by atoms with Crippen LogP contribution in [0.3, 0.4) is 0 Å². The molecule has 15 nitrogen and oxygen atoms in total. The number of carboxylic acids is 2. The molecule has 45 heavy (non-hydrogen) atoms. The zero-order valence-corrected chi connectivity index (χ0v) is 25.5. The number of carboxylic acid groups (broad SMARTS) is 2. The Morgan fingerprint density at radius 2 is 1.58 bits per heavy atom. The summed E-state index contributed by atoms with van der Waals surface area (Å²) in [6, 6.07) is 7.17. The van der Waals surface area contributed by atoms with Crippen molar-refractivity contribution in [1.29, 1.82) is 0 Å². The van der Waals surface area contributed by atoms with Gasteiger partial charge in [0.1, 0.15) is 24.6 Å². The highest BCUT2D eigenvalue weighted by atomic mass is 16.5. The van der Waals surface area contributed by atoms with E-state index in [9.17, 15) is 28.8 Å². The third-order valence-corrected chi connectivity index (χ3v) is 6.91. The largest absolute Gasteiger partial charge is 0.493 e. The van der Waals surface area contributed by atoms with Crippen molar-refractivity contribution in [3.05, 3.63) is 41.7 Å². The van der Waals surface area contributed by atoms with Gasteiger partial charge < -0.3 is 34.9 Å². The predicted octanol–water partition coefficient (Wildman–Crippen LogP) is 2.49. The first-order chi connectivity index (χ1) is 21.5. The van der Waals surface area contributed by atoms with E-state index in [4.69, 9.17) is 24.6 Å². The van der Waals surface area contributed by atoms with Crippen LogP contribution in [-0.2, 0) is 19.2 Å². The Kier molecular flexibility index (Phi) is 14.5. The third-order valence-electron chi connectivity index (χ3n) is 6.91. The van der Waals surface area contributed by atoms with Gasteiger partial charge in [0, 0.05) is 11.5 Å². The molecule has 0 spiro atoms. The van der Waals surface area contributed by atoms with Crippen LogP contribution in [0.15, 0.2) is 34.7 Å². The molecular weight excluding hydrogens is 592 g/mol. The number of ether oxygens (including phenoxy) is 1. The molecule has 0 aliphatic carbocycles. The molecule has 6 N–H and O–H groups in total. The van der Waals surface area contributed by atoms with Gasteiger partial charge in [-0.3, -0.25) is 34.0 Å². The van der Waals surface area contributed by atoms with Crippen molar-refractivity contribution in [2.24, 2.45) is 11.8 Å². The Morgan fingerprint density at radius 1 is 0.889 bits per heavy atom. The third kappa shape index (κ3) is 10.6. The number of carbonyl (C=O) groups is 6. The summed E-state index contributed by atoms with van der Waals surface area (Å²) < 4.78 is 11.2. The lowest BCUT2D eigenvalue weighted by atomic mass is 9.84. The van der Waals surface area contributed by atoms with Gasteiger partial charge in [-0.15, -0.1) is 0 Å². The monoisotopic (exact) mass is 632 g/mol. The van der Waals surface area contributed by atoms with Gasteiger partial charge in [0.2, 0.25) is 11.8 Å². The lowest BCUT2D eigenvalue weighted by Gasteiger charge is -2.24. The Bertz CT molecular complexity index is 1340. The molecule has 0 unspecified atom stereocenters. The standard InChI is InChI=1S/C30H40N4O11/c1-4-7-8-9-20(19(5-2)28(40)33-43)27(39)31-17-32-29(41)23-13-12-22(45-23)18-10-11-21(24(14-18)44-6-3)30(42)34(15-25(35)36)16-26(37)38/h10-14,19-20,43H,4-9,15-17H2,1-3H3,(H,31,39)(H,32,41)(H,33,40)(H,35,36)(H,37,38)/t19-,20-/m1/s1. The van der Waals surface area contributed by atoms with Gasteiger partial charge in [-0.1, -0.05) is 39.2 Å². The van der Waals surface area contributed by atoms with Crippen LogP contribution in [0.4, 0.5) is 0 Å². The average Bonchev–Trinajstić information content (AvgIpc) is 3.50. The average molecular weight is 633 g/mol. The molecule has 1 aromatic carbocycles. The zero-order chi connectivity index (χ0) is 33.5. The lowest BCUT2D eigenvalue weighted by molar-refractivity contribution is -0.141. The quantitative estimate of drug-likeness (QED) is 0.0571. The van der Waals surface area contributed by atoms with Crippen LogP contribution in [0, 0.1) is 11.8 Å². The summed E-state index contributed by atoms with van der Waals surface area (Å²) in [6.07, 6.45) is 3.28. The highest BCUT2D eigenvalue weighted by Crippen LogP contribution is 2.30. The number of hydrogen-bond acceptors (Lipinski definition) is 9. The van der Waals surface area contributed by atoms with E-state index < -0.39 is 60.5 Å². The van der Waals surface area contributed by atoms with E-state index in [1.54, 1.807) is 19.3 Å². The van der Waals surface area contributed by atoms with Crippen molar-refractivity contribution in [2.45, 2.75) is 52.9 Å². The van der Waals surface area contributed by atoms with Crippen LogP contribution in [0.2, 0.25) is 0 Å². The minimum Gasteiger partial charge on any atom is -0.493 e. The van der Waals surface area contributed by atoms with Crippen molar-refractivity contribution >= 4 is 35.6 Å². The van der Waals surface area contributed by atoms with Crippen molar-refractivity contribution in [1.82, 2.24) is 21.0 Å². The van der Waals surface area contributed by atoms with Crippen LogP contribution < -0.4 is 20.9 Å². The summed E-state index contributed by atoms with van der Waals surface area (Å²) in [5, 5.41) is 32.4.